The Balaban J connectivity index is 1.47. The number of aromatic nitrogens is 2. The van der Waals surface area contributed by atoms with Crippen molar-refractivity contribution < 1.29 is 13.9 Å². The minimum Gasteiger partial charge on any atom is -0.493 e. The third-order valence-electron chi connectivity index (χ3n) is 6.42. The van der Waals surface area contributed by atoms with E-state index in [1.165, 1.54) is 4.68 Å². The highest BCUT2D eigenvalue weighted by atomic mass is 79.9. The lowest BCUT2D eigenvalue weighted by molar-refractivity contribution is 0.283. The van der Waals surface area contributed by atoms with Crippen molar-refractivity contribution in [3.8, 4) is 23.1 Å². The summed E-state index contributed by atoms with van der Waals surface area (Å²) in [6, 6.07) is 23.7. The molecule has 0 aliphatic rings. The number of rotatable bonds is 7. The topological polar surface area (TPSA) is 78.9 Å². The van der Waals surface area contributed by atoms with E-state index in [4.69, 9.17) is 30.5 Å². The summed E-state index contributed by atoms with van der Waals surface area (Å²) in [7, 11) is 1.56. The maximum Gasteiger partial charge on any atom is 0.282 e. The fourth-order valence-corrected chi connectivity index (χ4v) is 6.21. The zero-order valence-corrected chi connectivity index (χ0v) is 27.3. The largest absolute Gasteiger partial charge is 0.493 e. The van der Waals surface area contributed by atoms with Crippen molar-refractivity contribution in [3.63, 3.8) is 0 Å². The van der Waals surface area contributed by atoms with E-state index in [2.05, 4.69) is 52.9 Å². The number of fused-ring (bicyclic) bond motifs is 2. The molecule has 0 unspecified atom stereocenters. The van der Waals surface area contributed by atoms with Gasteiger partial charge in [0, 0.05) is 35.0 Å². The van der Waals surface area contributed by atoms with Crippen molar-refractivity contribution in [2.75, 3.05) is 7.11 Å². The second-order valence-corrected chi connectivity index (χ2v) is 12.3. The Morgan fingerprint density at radius 2 is 1.83 bits per heavy atom. The monoisotopic (exact) mass is 769 g/mol. The summed E-state index contributed by atoms with van der Waals surface area (Å²) >= 11 is 16.8. The average molecular weight is 773 g/mol. The number of halogens is 4. The number of hydrogen-bond acceptors (Lipinski definition) is 6. The van der Waals surface area contributed by atoms with Gasteiger partial charge < -0.3 is 13.9 Å². The van der Waals surface area contributed by atoms with Crippen LogP contribution in [0.4, 0.5) is 0 Å². The third-order valence-corrected chi connectivity index (χ3v) is 8.34. The van der Waals surface area contributed by atoms with E-state index < -0.39 is 0 Å². The second kappa shape index (κ2) is 12.0. The average Bonchev–Trinajstić information content (AvgIpc) is 3.39. The quantitative estimate of drug-likeness (QED) is 0.151. The molecule has 6 rings (SSSR count). The van der Waals surface area contributed by atoms with E-state index in [1.54, 1.807) is 61.9 Å². The van der Waals surface area contributed by atoms with Crippen LogP contribution in [0.5, 0.6) is 11.5 Å². The maximum atomic E-state index is 13.7. The van der Waals surface area contributed by atoms with Crippen molar-refractivity contribution in [2.45, 2.75) is 6.61 Å². The Morgan fingerprint density at radius 1 is 1.00 bits per heavy atom. The number of methoxy groups -OCH3 is 1. The summed E-state index contributed by atoms with van der Waals surface area (Å²) in [6.45, 7) is 0.261. The van der Waals surface area contributed by atoms with Crippen molar-refractivity contribution in [2.24, 2.45) is 5.10 Å². The molecule has 2 aromatic heterocycles. The van der Waals surface area contributed by atoms with Gasteiger partial charge in [-0.25, -0.2) is 4.98 Å². The molecule has 0 radical (unpaired) electrons. The molecular formula is C31H19Br3ClN3O4. The van der Waals surface area contributed by atoms with Crippen LogP contribution < -0.4 is 15.0 Å². The smallest absolute Gasteiger partial charge is 0.282 e. The van der Waals surface area contributed by atoms with E-state index in [9.17, 15) is 4.79 Å². The molecule has 42 heavy (non-hydrogen) atoms. The standard InChI is InChI=1S/C31H19Br3ClN3O4/c1-40-27-14-21(33)10-19(29(27)41-16-17-6-7-20(32)13-24(17)34)15-36-38-30(37-25-5-3-2-4-23(25)31(38)39)28-12-18-11-22(35)8-9-26(18)42-28/h2-15H,16H2,1H3. The molecule has 7 nitrogen and oxygen atoms in total. The van der Waals surface area contributed by atoms with Gasteiger partial charge in [-0.1, -0.05) is 77.6 Å². The third kappa shape index (κ3) is 5.76. The van der Waals surface area contributed by atoms with E-state index in [0.29, 0.717) is 44.3 Å². The zero-order valence-electron chi connectivity index (χ0n) is 21.8. The summed E-state index contributed by atoms with van der Waals surface area (Å²) in [6.07, 6.45) is 1.54. The number of nitrogens with zero attached hydrogens (tertiary/aromatic N) is 3. The van der Waals surface area contributed by atoms with E-state index in [-0.39, 0.29) is 18.0 Å². The lowest BCUT2D eigenvalue weighted by atomic mass is 10.2. The predicted molar refractivity (Wildman–Crippen MR) is 176 cm³/mol. The fourth-order valence-electron chi connectivity index (χ4n) is 4.41. The van der Waals surface area contributed by atoms with Gasteiger partial charge in [0.2, 0.25) is 5.82 Å². The van der Waals surface area contributed by atoms with E-state index >= 15 is 0 Å². The van der Waals surface area contributed by atoms with Crippen molar-refractivity contribution in [1.82, 2.24) is 9.66 Å². The molecule has 0 bridgehead atoms. The molecule has 0 aliphatic heterocycles. The molecule has 0 N–H and O–H groups in total. The maximum absolute atomic E-state index is 13.7. The SMILES string of the molecule is COc1cc(Br)cc(C=Nn2c(-c3cc4cc(Cl)ccc4o3)nc3ccccc3c2=O)c1OCc1ccc(Br)cc1Br. The highest BCUT2D eigenvalue weighted by Crippen LogP contribution is 2.36. The molecular weight excluding hydrogens is 754 g/mol. The predicted octanol–water partition coefficient (Wildman–Crippen LogP) is 9.22. The summed E-state index contributed by atoms with van der Waals surface area (Å²) < 4.78 is 21.8. The Bertz CT molecular complexity index is 2070. The van der Waals surface area contributed by atoms with Crippen LogP contribution in [0.2, 0.25) is 5.02 Å². The molecule has 0 fully saturated rings. The fraction of sp³-hybridized carbons (Fsp3) is 0.0645. The lowest BCUT2D eigenvalue weighted by Crippen LogP contribution is -2.20. The highest BCUT2D eigenvalue weighted by molar-refractivity contribution is 9.11. The molecule has 0 atom stereocenters. The van der Waals surface area contributed by atoms with Gasteiger partial charge in [0.1, 0.15) is 12.2 Å². The Labute approximate surface area is 270 Å². The number of hydrogen-bond donors (Lipinski definition) is 0. The van der Waals surface area contributed by atoms with Crippen LogP contribution in [0.25, 0.3) is 33.5 Å². The molecule has 0 aliphatic carbocycles. The van der Waals surface area contributed by atoms with Crippen molar-refractivity contribution >= 4 is 87.5 Å². The minimum atomic E-state index is -0.353. The van der Waals surface area contributed by atoms with Crippen LogP contribution in [0.1, 0.15) is 11.1 Å². The van der Waals surface area contributed by atoms with Crippen LogP contribution in [0.15, 0.2) is 107 Å². The molecule has 6 aromatic rings. The number of ether oxygens (including phenoxy) is 2. The van der Waals surface area contributed by atoms with E-state index in [1.807, 2.05) is 30.3 Å². The first-order chi connectivity index (χ1) is 20.3. The van der Waals surface area contributed by atoms with Crippen LogP contribution in [-0.2, 0) is 6.61 Å². The molecule has 4 aromatic carbocycles. The minimum absolute atomic E-state index is 0.241. The van der Waals surface area contributed by atoms with Crippen molar-refractivity contribution in [3.05, 3.63) is 119 Å². The van der Waals surface area contributed by atoms with Crippen LogP contribution in [-0.4, -0.2) is 23.0 Å². The van der Waals surface area contributed by atoms with Crippen LogP contribution in [0, 0.1) is 0 Å². The summed E-state index contributed by atoms with van der Waals surface area (Å²) in [4.78, 5) is 18.5. The lowest BCUT2D eigenvalue weighted by Gasteiger charge is -2.15. The van der Waals surface area contributed by atoms with Gasteiger partial charge in [0.25, 0.3) is 5.56 Å². The zero-order chi connectivity index (χ0) is 29.4. The molecule has 0 amide bonds. The number of furan rings is 1. The Morgan fingerprint density at radius 3 is 2.64 bits per heavy atom. The normalized spacial score (nSPS) is 11.5. The van der Waals surface area contributed by atoms with E-state index in [0.717, 1.165) is 24.4 Å². The van der Waals surface area contributed by atoms with Gasteiger partial charge >= 0.3 is 0 Å². The van der Waals surface area contributed by atoms with Gasteiger partial charge in [-0.05, 0) is 60.7 Å². The first-order valence-electron chi connectivity index (χ1n) is 12.5. The first-order valence-corrected chi connectivity index (χ1v) is 15.3. The molecule has 210 valence electrons. The molecule has 0 saturated heterocycles. The van der Waals surface area contributed by atoms with Gasteiger partial charge in [-0.3, -0.25) is 4.79 Å². The van der Waals surface area contributed by atoms with Crippen LogP contribution >= 0.6 is 59.4 Å². The van der Waals surface area contributed by atoms with Gasteiger partial charge in [-0.15, -0.1) is 0 Å². The Hall–Kier alpha value is -3.44. The summed E-state index contributed by atoms with van der Waals surface area (Å²) in [5.74, 6) is 1.57. The summed E-state index contributed by atoms with van der Waals surface area (Å²) in [5.41, 5.74) is 2.30. The molecule has 2 heterocycles. The molecule has 0 spiro atoms. The van der Waals surface area contributed by atoms with Crippen molar-refractivity contribution in [1.29, 1.82) is 0 Å². The number of para-hydroxylation sites is 1. The van der Waals surface area contributed by atoms with Gasteiger partial charge in [-0.2, -0.15) is 9.78 Å². The highest BCUT2D eigenvalue weighted by Gasteiger charge is 2.18. The summed E-state index contributed by atoms with van der Waals surface area (Å²) in [5, 5.41) is 6.38. The molecule has 11 heteroatoms. The Kier molecular flexibility index (Phi) is 8.22. The van der Waals surface area contributed by atoms with Crippen LogP contribution in [0.3, 0.4) is 0 Å². The first kappa shape index (κ1) is 28.7. The van der Waals surface area contributed by atoms with Gasteiger partial charge in [0.05, 0.1) is 24.2 Å². The van der Waals surface area contributed by atoms with Gasteiger partial charge in [0.15, 0.2) is 17.3 Å². The molecule has 0 saturated carbocycles. The number of benzene rings is 4. The second-order valence-electron chi connectivity index (χ2n) is 9.16.